The lowest BCUT2D eigenvalue weighted by atomic mass is 10.1. The van der Waals surface area contributed by atoms with Crippen LogP contribution in [0.1, 0.15) is 48.9 Å². The van der Waals surface area contributed by atoms with E-state index in [1.165, 1.54) is 18.9 Å². The lowest BCUT2D eigenvalue weighted by molar-refractivity contribution is 0.0934. The average molecular weight is 315 g/mol. The monoisotopic (exact) mass is 315 g/mol. The second-order valence-corrected chi connectivity index (χ2v) is 6.00. The lowest BCUT2D eigenvalue weighted by Gasteiger charge is -2.16. The number of rotatable bonds is 3. The van der Waals surface area contributed by atoms with Crippen LogP contribution in [0.2, 0.25) is 0 Å². The maximum absolute atomic E-state index is 12.6. The number of ether oxygens (including phenoxy) is 1. The molecule has 0 spiro atoms. The van der Waals surface area contributed by atoms with Crippen LogP contribution in [0.4, 0.5) is 0 Å². The Kier molecular flexibility index (Phi) is 4.65. The van der Waals surface area contributed by atoms with Crippen LogP contribution in [0.15, 0.2) is 33.5 Å². The van der Waals surface area contributed by atoms with Crippen molar-refractivity contribution in [1.82, 2.24) is 5.32 Å². The van der Waals surface area contributed by atoms with Gasteiger partial charge in [0, 0.05) is 23.6 Å². The Morgan fingerprint density at radius 2 is 1.91 bits per heavy atom. The molecule has 0 radical (unpaired) electrons. The van der Waals surface area contributed by atoms with Gasteiger partial charge in [-0.15, -0.1) is 0 Å². The van der Waals surface area contributed by atoms with E-state index in [0.29, 0.717) is 22.3 Å². The molecule has 1 N–H and O–H groups in total. The van der Waals surface area contributed by atoms with E-state index < -0.39 is 5.63 Å². The van der Waals surface area contributed by atoms with Crippen LogP contribution in [0.3, 0.4) is 0 Å². The van der Waals surface area contributed by atoms with Crippen molar-refractivity contribution < 1.29 is 13.9 Å². The fourth-order valence-corrected chi connectivity index (χ4v) is 3.14. The second-order valence-electron chi connectivity index (χ2n) is 6.00. The van der Waals surface area contributed by atoms with Gasteiger partial charge in [0.15, 0.2) is 0 Å². The molecule has 1 aliphatic rings. The van der Waals surface area contributed by atoms with Crippen LogP contribution in [0.5, 0.6) is 5.75 Å². The number of hydrogen-bond donors (Lipinski definition) is 1. The molecule has 1 aromatic carbocycles. The SMILES string of the molecule is COc1ccc2c(C(=O)NC3CCCCCC3)cc(=O)oc2c1. The Labute approximate surface area is 134 Å². The van der Waals surface area contributed by atoms with Crippen LogP contribution in [0.25, 0.3) is 11.0 Å². The average Bonchev–Trinajstić information content (AvgIpc) is 2.82. The smallest absolute Gasteiger partial charge is 0.337 e. The van der Waals surface area contributed by atoms with Gasteiger partial charge in [-0.3, -0.25) is 4.79 Å². The fourth-order valence-electron chi connectivity index (χ4n) is 3.14. The number of amides is 1. The minimum Gasteiger partial charge on any atom is -0.497 e. The van der Waals surface area contributed by atoms with Gasteiger partial charge in [0.2, 0.25) is 0 Å². The molecule has 1 fully saturated rings. The number of methoxy groups -OCH3 is 1. The molecule has 1 aliphatic carbocycles. The highest BCUT2D eigenvalue weighted by molar-refractivity contribution is 6.05. The van der Waals surface area contributed by atoms with E-state index in [4.69, 9.17) is 9.15 Å². The molecule has 2 aromatic rings. The number of carbonyl (C=O) groups is 1. The van der Waals surface area contributed by atoms with Crippen molar-refractivity contribution in [3.8, 4) is 5.75 Å². The molecule has 3 rings (SSSR count). The van der Waals surface area contributed by atoms with Crippen LogP contribution in [-0.4, -0.2) is 19.1 Å². The van der Waals surface area contributed by atoms with Crippen molar-refractivity contribution in [1.29, 1.82) is 0 Å². The summed E-state index contributed by atoms with van der Waals surface area (Å²) in [6, 6.07) is 6.58. The molecule has 0 bridgehead atoms. The van der Waals surface area contributed by atoms with E-state index in [2.05, 4.69) is 5.32 Å². The van der Waals surface area contributed by atoms with E-state index in [0.717, 1.165) is 25.7 Å². The van der Waals surface area contributed by atoms with E-state index in [9.17, 15) is 9.59 Å². The Hall–Kier alpha value is -2.30. The zero-order valence-corrected chi connectivity index (χ0v) is 13.3. The highest BCUT2D eigenvalue weighted by Gasteiger charge is 2.18. The topological polar surface area (TPSA) is 68.5 Å². The highest BCUT2D eigenvalue weighted by atomic mass is 16.5. The summed E-state index contributed by atoms with van der Waals surface area (Å²) in [5, 5.41) is 3.69. The third kappa shape index (κ3) is 3.55. The quantitative estimate of drug-likeness (QED) is 0.697. The number of carbonyl (C=O) groups excluding carboxylic acids is 1. The first kappa shape index (κ1) is 15.6. The third-order valence-electron chi connectivity index (χ3n) is 4.39. The zero-order valence-electron chi connectivity index (χ0n) is 13.3. The first-order chi connectivity index (χ1) is 11.2. The van der Waals surface area contributed by atoms with Gasteiger partial charge in [0.05, 0.1) is 12.7 Å². The van der Waals surface area contributed by atoms with Gasteiger partial charge in [0.25, 0.3) is 5.91 Å². The Bertz CT molecular complexity index is 757. The van der Waals surface area contributed by atoms with Crippen molar-refractivity contribution in [2.75, 3.05) is 7.11 Å². The van der Waals surface area contributed by atoms with E-state index >= 15 is 0 Å². The number of nitrogens with one attached hydrogen (secondary N) is 1. The number of hydrogen-bond acceptors (Lipinski definition) is 4. The molecule has 0 atom stereocenters. The molecule has 1 heterocycles. The van der Waals surface area contributed by atoms with Crippen molar-refractivity contribution in [3.05, 3.63) is 40.2 Å². The first-order valence-electron chi connectivity index (χ1n) is 8.10. The molecular formula is C18H21NO4. The Morgan fingerprint density at radius 1 is 1.17 bits per heavy atom. The van der Waals surface area contributed by atoms with Crippen molar-refractivity contribution in [2.24, 2.45) is 0 Å². The largest absolute Gasteiger partial charge is 0.497 e. The summed E-state index contributed by atoms with van der Waals surface area (Å²) in [6.45, 7) is 0. The molecule has 5 nitrogen and oxygen atoms in total. The zero-order chi connectivity index (χ0) is 16.2. The van der Waals surface area contributed by atoms with Crippen LogP contribution in [-0.2, 0) is 0 Å². The van der Waals surface area contributed by atoms with E-state index in [1.807, 2.05) is 0 Å². The summed E-state index contributed by atoms with van der Waals surface area (Å²) in [6.07, 6.45) is 6.73. The maximum atomic E-state index is 12.6. The molecule has 1 aromatic heterocycles. The normalized spacial score (nSPS) is 16.0. The summed E-state index contributed by atoms with van der Waals surface area (Å²) in [5.41, 5.74) is 0.197. The van der Waals surface area contributed by atoms with Gasteiger partial charge in [-0.25, -0.2) is 4.79 Å². The predicted molar refractivity (Wildman–Crippen MR) is 88.0 cm³/mol. The molecule has 5 heteroatoms. The summed E-state index contributed by atoms with van der Waals surface area (Å²) in [4.78, 5) is 24.4. The molecule has 122 valence electrons. The number of fused-ring (bicyclic) bond motifs is 1. The molecule has 0 unspecified atom stereocenters. The minimum atomic E-state index is -0.531. The second kappa shape index (κ2) is 6.86. The van der Waals surface area contributed by atoms with Gasteiger partial charge in [-0.1, -0.05) is 25.7 Å². The van der Waals surface area contributed by atoms with Gasteiger partial charge in [-0.2, -0.15) is 0 Å². The van der Waals surface area contributed by atoms with E-state index in [-0.39, 0.29) is 11.9 Å². The summed E-state index contributed by atoms with van der Waals surface area (Å²) in [7, 11) is 1.54. The molecule has 0 aliphatic heterocycles. The van der Waals surface area contributed by atoms with Gasteiger partial charge < -0.3 is 14.5 Å². The van der Waals surface area contributed by atoms with Gasteiger partial charge >= 0.3 is 5.63 Å². The fraction of sp³-hybridized carbons (Fsp3) is 0.444. The Balaban J connectivity index is 1.91. The third-order valence-corrected chi connectivity index (χ3v) is 4.39. The van der Waals surface area contributed by atoms with Crippen LogP contribution >= 0.6 is 0 Å². The van der Waals surface area contributed by atoms with Crippen molar-refractivity contribution in [3.63, 3.8) is 0 Å². The first-order valence-corrected chi connectivity index (χ1v) is 8.10. The van der Waals surface area contributed by atoms with E-state index in [1.54, 1.807) is 25.3 Å². The molecule has 1 amide bonds. The van der Waals surface area contributed by atoms with Crippen LogP contribution < -0.4 is 15.7 Å². The van der Waals surface area contributed by atoms with Crippen molar-refractivity contribution in [2.45, 2.75) is 44.6 Å². The standard InChI is InChI=1S/C18H21NO4/c1-22-13-8-9-14-15(11-17(20)23-16(14)10-13)18(21)19-12-6-4-2-3-5-7-12/h8-12H,2-7H2,1H3,(H,19,21). The summed E-state index contributed by atoms with van der Waals surface area (Å²) in [5.74, 6) is 0.377. The van der Waals surface area contributed by atoms with Crippen molar-refractivity contribution >= 4 is 16.9 Å². The molecule has 0 saturated heterocycles. The Morgan fingerprint density at radius 3 is 2.61 bits per heavy atom. The molecule has 23 heavy (non-hydrogen) atoms. The van der Waals surface area contributed by atoms with Gasteiger partial charge in [0.1, 0.15) is 11.3 Å². The predicted octanol–water partition coefficient (Wildman–Crippen LogP) is 3.25. The summed E-state index contributed by atoms with van der Waals surface area (Å²) >= 11 is 0. The molecule has 1 saturated carbocycles. The lowest BCUT2D eigenvalue weighted by Crippen LogP contribution is -2.34. The number of benzene rings is 1. The summed E-state index contributed by atoms with van der Waals surface area (Å²) < 4.78 is 10.3. The maximum Gasteiger partial charge on any atom is 0.337 e. The van der Waals surface area contributed by atoms with Crippen LogP contribution in [0, 0.1) is 0 Å². The molecular weight excluding hydrogens is 294 g/mol. The van der Waals surface area contributed by atoms with Gasteiger partial charge in [-0.05, 0) is 25.0 Å². The minimum absolute atomic E-state index is 0.186. The highest BCUT2D eigenvalue weighted by Crippen LogP contribution is 2.23.